The molecular formula is C15H18N5+. The molecule has 5 nitrogen and oxygen atoms in total. The van der Waals surface area contributed by atoms with Crippen LogP contribution < -0.4 is 10.2 Å². The van der Waals surface area contributed by atoms with Crippen LogP contribution in [0.15, 0.2) is 29.4 Å². The Hall–Kier alpha value is -2.26. The van der Waals surface area contributed by atoms with Crippen LogP contribution in [-0.4, -0.2) is 18.1 Å². The Morgan fingerprint density at radius 1 is 1.25 bits per heavy atom. The van der Waals surface area contributed by atoms with Crippen molar-refractivity contribution in [2.24, 2.45) is 5.11 Å². The van der Waals surface area contributed by atoms with Gasteiger partial charge in [0.1, 0.15) is 17.2 Å². The van der Waals surface area contributed by atoms with Crippen LogP contribution in [-0.2, 0) is 12.8 Å². The molecular weight excluding hydrogens is 250 g/mol. The fourth-order valence-corrected chi connectivity index (χ4v) is 2.86. The summed E-state index contributed by atoms with van der Waals surface area (Å²) < 4.78 is 0. The normalized spacial score (nSPS) is 13.6. The van der Waals surface area contributed by atoms with Crippen LogP contribution in [0.5, 0.6) is 0 Å². The third-order valence-corrected chi connectivity index (χ3v) is 3.75. The molecule has 20 heavy (non-hydrogen) atoms. The van der Waals surface area contributed by atoms with Crippen molar-refractivity contribution in [1.29, 1.82) is 5.53 Å². The average Bonchev–Trinajstić information content (AvgIpc) is 2.50. The van der Waals surface area contributed by atoms with Crippen molar-refractivity contribution < 1.29 is 0 Å². The van der Waals surface area contributed by atoms with Gasteiger partial charge in [-0.3, -0.25) is 4.98 Å². The zero-order valence-corrected chi connectivity index (χ0v) is 11.4. The van der Waals surface area contributed by atoms with Gasteiger partial charge in [-0.25, -0.2) is 0 Å². The molecule has 0 fully saturated rings. The minimum absolute atomic E-state index is 0.523. The molecule has 2 N–H and O–H groups in total. The predicted molar refractivity (Wildman–Crippen MR) is 79.0 cm³/mol. The number of pyridine rings is 1. The summed E-state index contributed by atoms with van der Waals surface area (Å²) in [6.45, 7) is 1.22. The first kappa shape index (κ1) is 12.8. The highest BCUT2D eigenvalue weighted by Crippen LogP contribution is 2.32. The van der Waals surface area contributed by atoms with Crippen molar-refractivity contribution in [3.8, 4) is 0 Å². The van der Waals surface area contributed by atoms with E-state index in [9.17, 15) is 0 Å². The Morgan fingerprint density at radius 2 is 2.10 bits per heavy atom. The van der Waals surface area contributed by atoms with Crippen molar-refractivity contribution in [2.75, 3.05) is 18.4 Å². The van der Waals surface area contributed by atoms with E-state index in [4.69, 9.17) is 10.5 Å². The molecule has 0 radical (unpaired) electrons. The molecule has 0 spiro atoms. The molecule has 0 bridgehead atoms. The summed E-state index contributed by atoms with van der Waals surface area (Å²) in [6, 6.07) is 8.26. The van der Waals surface area contributed by atoms with Crippen LogP contribution in [0, 0.1) is 5.53 Å². The number of nitrogens with zero attached hydrogens (tertiary/aromatic N) is 3. The largest absolute Gasteiger partial charge is 0.382 e. The number of fused-ring (bicyclic) bond motifs is 2. The molecule has 1 heterocycles. The molecule has 2 aromatic rings. The third kappa shape index (κ3) is 2.40. The quantitative estimate of drug-likeness (QED) is 0.508. The lowest BCUT2D eigenvalue weighted by atomic mass is 9.92. The molecule has 0 unspecified atom stereocenters. The van der Waals surface area contributed by atoms with E-state index >= 15 is 0 Å². The molecule has 5 heteroatoms. The number of nitrogens with one attached hydrogen (secondary N) is 2. The SMILES string of the molecule is N=[N+]=NCCNc1c2c(nc3ccccc13)CCCC2. The van der Waals surface area contributed by atoms with Gasteiger partial charge in [-0.1, -0.05) is 18.2 Å². The van der Waals surface area contributed by atoms with Crippen molar-refractivity contribution in [2.45, 2.75) is 25.7 Å². The summed E-state index contributed by atoms with van der Waals surface area (Å²) in [5.41, 5.74) is 11.5. The molecule has 3 rings (SSSR count). The molecule has 0 atom stereocenters. The second-order valence-electron chi connectivity index (χ2n) is 5.03. The lowest BCUT2D eigenvalue weighted by molar-refractivity contribution is 0.672. The van der Waals surface area contributed by atoms with Gasteiger partial charge < -0.3 is 5.32 Å². The minimum Gasteiger partial charge on any atom is -0.382 e. The Balaban J connectivity index is 2.03. The number of benzene rings is 1. The number of rotatable bonds is 4. The van der Waals surface area contributed by atoms with E-state index in [-0.39, 0.29) is 0 Å². The molecule has 1 aromatic carbocycles. The number of hydrogen-bond donors (Lipinski definition) is 2. The number of anilines is 1. The maximum atomic E-state index is 6.69. The molecule has 1 aliphatic rings. The average molecular weight is 268 g/mol. The Morgan fingerprint density at radius 3 is 3.00 bits per heavy atom. The van der Waals surface area contributed by atoms with Crippen LogP contribution in [0.1, 0.15) is 24.1 Å². The van der Waals surface area contributed by atoms with Crippen LogP contribution >= 0.6 is 0 Å². The minimum atomic E-state index is 0.523. The van der Waals surface area contributed by atoms with Crippen molar-refractivity contribution in [3.05, 3.63) is 35.5 Å². The number of aromatic nitrogens is 1. The fourth-order valence-electron chi connectivity index (χ4n) is 2.86. The predicted octanol–water partition coefficient (Wildman–Crippen LogP) is 3.08. The molecule has 0 aliphatic heterocycles. The Bertz CT molecular complexity index is 673. The van der Waals surface area contributed by atoms with E-state index < -0.39 is 0 Å². The van der Waals surface area contributed by atoms with Crippen molar-refractivity contribution in [3.63, 3.8) is 0 Å². The van der Waals surface area contributed by atoms with E-state index in [1.54, 1.807) is 0 Å². The molecule has 102 valence electrons. The topological polar surface area (TPSA) is 75.2 Å². The number of hydrogen-bond acceptors (Lipinski definition) is 4. The standard InChI is InChI=1S/C15H18N5/c16-20-18-10-9-17-15-11-5-1-3-7-13(11)19-14-8-4-2-6-12(14)15/h1,3,5,7,16H,2,4,6,8-10H2,(H,17,19)/q+1. The summed E-state index contributed by atoms with van der Waals surface area (Å²) in [5, 5.41) is 8.34. The van der Waals surface area contributed by atoms with Crippen LogP contribution in [0.4, 0.5) is 5.69 Å². The number of aryl methyl sites for hydroxylation is 1. The molecule has 1 aromatic heterocycles. The molecule has 1 aliphatic carbocycles. The smallest absolute Gasteiger partial charge is 0.214 e. The van der Waals surface area contributed by atoms with Crippen LogP contribution in [0.3, 0.4) is 0 Å². The highest BCUT2D eigenvalue weighted by atomic mass is 15.1. The summed E-state index contributed by atoms with van der Waals surface area (Å²) in [4.78, 5) is 7.85. The Labute approximate surface area is 117 Å². The highest BCUT2D eigenvalue weighted by Gasteiger charge is 2.17. The van der Waals surface area contributed by atoms with Gasteiger partial charge in [-0.2, -0.15) is 0 Å². The van der Waals surface area contributed by atoms with Gasteiger partial charge in [0.15, 0.2) is 0 Å². The highest BCUT2D eigenvalue weighted by molar-refractivity contribution is 5.93. The number of para-hydroxylation sites is 1. The van der Waals surface area contributed by atoms with Gasteiger partial charge in [0.05, 0.1) is 5.52 Å². The summed E-state index contributed by atoms with van der Waals surface area (Å²) in [5.74, 6) is 0. The monoisotopic (exact) mass is 268 g/mol. The zero-order valence-electron chi connectivity index (χ0n) is 11.4. The zero-order chi connectivity index (χ0) is 13.8. The lowest BCUT2D eigenvalue weighted by Crippen LogP contribution is -2.13. The van der Waals surface area contributed by atoms with Gasteiger partial charge in [0.2, 0.25) is 4.91 Å². The summed E-state index contributed by atoms with van der Waals surface area (Å²) in [6.07, 6.45) is 4.62. The maximum absolute atomic E-state index is 6.69. The summed E-state index contributed by atoms with van der Waals surface area (Å²) >= 11 is 0. The fraction of sp³-hybridized carbons (Fsp3) is 0.400. The molecule has 0 saturated heterocycles. The van der Waals surface area contributed by atoms with E-state index in [1.165, 1.54) is 35.2 Å². The first-order valence-electron chi connectivity index (χ1n) is 7.08. The first-order chi connectivity index (χ1) is 9.90. The maximum Gasteiger partial charge on any atom is 0.214 e. The van der Waals surface area contributed by atoms with E-state index in [2.05, 4.69) is 27.5 Å². The summed E-state index contributed by atoms with van der Waals surface area (Å²) in [7, 11) is 0. The van der Waals surface area contributed by atoms with E-state index in [0.29, 0.717) is 13.1 Å². The Kier molecular flexibility index (Phi) is 3.70. The van der Waals surface area contributed by atoms with Gasteiger partial charge in [-0.15, -0.1) is 0 Å². The molecule has 0 amide bonds. The second kappa shape index (κ2) is 5.80. The first-order valence-corrected chi connectivity index (χ1v) is 7.08. The molecule has 0 saturated carbocycles. The van der Waals surface area contributed by atoms with Crippen molar-refractivity contribution >= 4 is 16.6 Å². The lowest BCUT2D eigenvalue weighted by Gasteiger charge is -2.21. The van der Waals surface area contributed by atoms with Gasteiger partial charge in [-0.05, 0) is 37.3 Å². The van der Waals surface area contributed by atoms with Crippen LogP contribution in [0.25, 0.3) is 10.9 Å². The second-order valence-corrected chi connectivity index (χ2v) is 5.03. The van der Waals surface area contributed by atoms with Gasteiger partial charge >= 0.3 is 0 Å². The van der Waals surface area contributed by atoms with Crippen molar-refractivity contribution in [1.82, 2.24) is 9.90 Å². The van der Waals surface area contributed by atoms with Gasteiger partial charge in [0.25, 0.3) is 0 Å². The van der Waals surface area contributed by atoms with E-state index in [0.717, 1.165) is 18.4 Å². The van der Waals surface area contributed by atoms with E-state index in [1.807, 2.05) is 12.1 Å². The third-order valence-electron chi connectivity index (χ3n) is 3.75. The van der Waals surface area contributed by atoms with Gasteiger partial charge in [0, 0.05) is 23.3 Å². The van der Waals surface area contributed by atoms with Crippen LogP contribution in [0.2, 0.25) is 0 Å².